The number of hydrogen-bond acceptors (Lipinski definition) is 3. The summed E-state index contributed by atoms with van der Waals surface area (Å²) in [6, 6.07) is 5.29. The lowest BCUT2D eigenvalue weighted by molar-refractivity contribution is 0.190. The molecule has 102 valence electrons. The third-order valence-corrected chi connectivity index (χ3v) is 3.03. The van der Waals surface area contributed by atoms with Gasteiger partial charge in [0.1, 0.15) is 5.75 Å². The molecule has 0 aliphatic rings. The summed E-state index contributed by atoms with van der Waals surface area (Å²) in [6.07, 6.45) is 5.74. The van der Waals surface area contributed by atoms with Crippen LogP contribution in [0.25, 0.3) is 0 Å². The van der Waals surface area contributed by atoms with Gasteiger partial charge in [0, 0.05) is 29.5 Å². The normalized spacial score (nSPS) is 12.4. The van der Waals surface area contributed by atoms with Crippen LogP contribution < -0.4 is 4.74 Å². The number of rotatable bonds is 6. The van der Waals surface area contributed by atoms with E-state index in [2.05, 4.69) is 4.98 Å². The molecule has 1 heterocycles. The van der Waals surface area contributed by atoms with Gasteiger partial charge >= 0.3 is 0 Å². The first-order chi connectivity index (χ1) is 9.16. The lowest BCUT2D eigenvalue weighted by atomic mass is 10.1. The van der Waals surface area contributed by atoms with E-state index in [0.717, 1.165) is 18.5 Å². The molecule has 1 N–H and O–H groups in total. The Labute approximate surface area is 117 Å². The summed E-state index contributed by atoms with van der Waals surface area (Å²) in [4.78, 5) is 3.98. The van der Waals surface area contributed by atoms with E-state index in [1.165, 1.54) is 0 Å². The van der Waals surface area contributed by atoms with E-state index in [1.807, 2.05) is 10.8 Å². The standard InChI is InChI=1S/C14H17ClN2O2/c1-11(18)13-9-12(15)3-4-14(13)19-8-2-6-17-7-5-16-10-17/h3-5,7,9-11,18H,2,6,8H2,1H3/t11-/m0/s1. The highest BCUT2D eigenvalue weighted by atomic mass is 35.5. The zero-order valence-electron chi connectivity index (χ0n) is 10.8. The van der Waals surface area contributed by atoms with E-state index in [1.54, 1.807) is 37.6 Å². The first kappa shape index (κ1) is 13.9. The summed E-state index contributed by atoms with van der Waals surface area (Å²) in [6.45, 7) is 3.14. The number of benzene rings is 1. The van der Waals surface area contributed by atoms with E-state index >= 15 is 0 Å². The molecule has 0 amide bonds. The van der Waals surface area contributed by atoms with Crippen molar-refractivity contribution in [1.82, 2.24) is 9.55 Å². The molecule has 0 fully saturated rings. The Morgan fingerprint density at radius 2 is 2.32 bits per heavy atom. The Bertz CT molecular complexity index is 512. The number of ether oxygens (including phenoxy) is 1. The van der Waals surface area contributed by atoms with Crippen molar-refractivity contribution in [2.24, 2.45) is 0 Å². The molecule has 0 radical (unpaired) electrons. The highest BCUT2D eigenvalue weighted by molar-refractivity contribution is 6.30. The van der Waals surface area contributed by atoms with E-state index in [0.29, 0.717) is 17.4 Å². The van der Waals surface area contributed by atoms with E-state index in [4.69, 9.17) is 16.3 Å². The van der Waals surface area contributed by atoms with Gasteiger partial charge in [-0.1, -0.05) is 11.6 Å². The fourth-order valence-corrected chi connectivity index (χ4v) is 2.01. The van der Waals surface area contributed by atoms with Crippen molar-refractivity contribution in [3.05, 3.63) is 47.5 Å². The predicted octanol–water partition coefficient (Wildman–Crippen LogP) is 3.06. The van der Waals surface area contributed by atoms with Crippen LogP contribution in [0.4, 0.5) is 0 Å². The Kier molecular flexibility index (Phi) is 4.82. The fraction of sp³-hybridized carbons (Fsp3) is 0.357. The summed E-state index contributed by atoms with van der Waals surface area (Å²) < 4.78 is 7.70. The predicted molar refractivity (Wildman–Crippen MR) is 74.4 cm³/mol. The van der Waals surface area contributed by atoms with Gasteiger partial charge in [-0.25, -0.2) is 4.98 Å². The van der Waals surface area contributed by atoms with Gasteiger partial charge < -0.3 is 14.4 Å². The van der Waals surface area contributed by atoms with E-state index in [9.17, 15) is 5.11 Å². The molecule has 1 aromatic carbocycles. The van der Waals surface area contributed by atoms with Crippen molar-refractivity contribution in [3.8, 4) is 5.75 Å². The highest BCUT2D eigenvalue weighted by Crippen LogP contribution is 2.28. The number of imidazole rings is 1. The Morgan fingerprint density at radius 1 is 1.47 bits per heavy atom. The topological polar surface area (TPSA) is 47.3 Å². The van der Waals surface area contributed by atoms with E-state index in [-0.39, 0.29) is 0 Å². The average Bonchev–Trinajstić information content (AvgIpc) is 2.89. The Balaban J connectivity index is 1.88. The van der Waals surface area contributed by atoms with Gasteiger partial charge in [0.2, 0.25) is 0 Å². The summed E-state index contributed by atoms with van der Waals surface area (Å²) in [7, 11) is 0. The Morgan fingerprint density at radius 3 is 3.00 bits per heavy atom. The zero-order valence-corrected chi connectivity index (χ0v) is 11.5. The van der Waals surface area contributed by atoms with E-state index < -0.39 is 6.10 Å². The maximum absolute atomic E-state index is 9.68. The van der Waals surface area contributed by atoms with Gasteiger partial charge in [-0.3, -0.25) is 0 Å². The molecule has 2 aromatic rings. The van der Waals surface area contributed by atoms with Crippen molar-refractivity contribution in [2.45, 2.75) is 26.0 Å². The van der Waals surface area contributed by atoms with Crippen LogP contribution in [0.3, 0.4) is 0 Å². The molecule has 1 atom stereocenters. The van der Waals surface area contributed by atoms with Crippen LogP contribution in [-0.4, -0.2) is 21.3 Å². The summed E-state index contributed by atoms with van der Waals surface area (Å²) in [5.41, 5.74) is 0.718. The lowest BCUT2D eigenvalue weighted by Gasteiger charge is -2.14. The molecule has 19 heavy (non-hydrogen) atoms. The smallest absolute Gasteiger partial charge is 0.125 e. The monoisotopic (exact) mass is 280 g/mol. The largest absolute Gasteiger partial charge is 0.493 e. The minimum Gasteiger partial charge on any atom is -0.493 e. The minimum absolute atomic E-state index is 0.583. The molecule has 0 spiro atoms. The van der Waals surface area contributed by atoms with Crippen LogP contribution in [0.5, 0.6) is 5.75 Å². The second kappa shape index (κ2) is 6.59. The van der Waals surface area contributed by atoms with Gasteiger partial charge in [-0.15, -0.1) is 0 Å². The third-order valence-electron chi connectivity index (χ3n) is 2.80. The summed E-state index contributed by atoms with van der Waals surface area (Å²) >= 11 is 5.91. The van der Waals surface area contributed by atoms with Crippen molar-refractivity contribution in [1.29, 1.82) is 0 Å². The maximum Gasteiger partial charge on any atom is 0.125 e. The SMILES string of the molecule is C[C@H](O)c1cc(Cl)ccc1OCCCn1ccnc1. The number of aliphatic hydroxyl groups excluding tert-OH is 1. The molecule has 0 aliphatic heterocycles. The minimum atomic E-state index is -0.595. The number of aryl methyl sites for hydroxylation is 1. The van der Waals surface area contributed by atoms with Crippen LogP contribution in [0.15, 0.2) is 36.9 Å². The van der Waals surface area contributed by atoms with Crippen LogP contribution >= 0.6 is 11.6 Å². The van der Waals surface area contributed by atoms with Crippen molar-refractivity contribution in [3.63, 3.8) is 0 Å². The van der Waals surface area contributed by atoms with Crippen molar-refractivity contribution >= 4 is 11.6 Å². The number of nitrogens with zero attached hydrogens (tertiary/aromatic N) is 2. The molecule has 1 aromatic heterocycles. The molecule has 2 rings (SSSR count). The first-order valence-corrected chi connectivity index (χ1v) is 6.60. The number of halogens is 1. The van der Waals surface area contributed by atoms with Crippen LogP contribution in [0.1, 0.15) is 25.0 Å². The summed E-state index contributed by atoms with van der Waals surface area (Å²) in [5, 5.41) is 10.3. The quantitative estimate of drug-likeness (QED) is 0.827. The van der Waals surface area contributed by atoms with Gasteiger partial charge in [-0.2, -0.15) is 0 Å². The number of hydrogen-bond donors (Lipinski definition) is 1. The van der Waals surface area contributed by atoms with Crippen LogP contribution in [0.2, 0.25) is 5.02 Å². The molecule has 5 heteroatoms. The lowest BCUT2D eigenvalue weighted by Crippen LogP contribution is -2.05. The molecular weight excluding hydrogens is 264 g/mol. The third kappa shape index (κ3) is 3.98. The fourth-order valence-electron chi connectivity index (χ4n) is 1.83. The highest BCUT2D eigenvalue weighted by Gasteiger charge is 2.09. The summed E-state index contributed by atoms with van der Waals surface area (Å²) in [5.74, 6) is 0.685. The molecule has 0 aliphatic carbocycles. The van der Waals surface area contributed by atoms with Crippen LogP contribution in [0, 0.1) is 0 Å². The maximum atomic E-state index is 9.68. The Hall–Kier alpha value is -1.52. The van der Waals surface area contributed by atoms with Crippen molar-refractivity contribution < 1.29 is 9.84 Å². The molecule has 0 saturated carbocycles. The molecule has 0 saturated heterocycles. The molecule has 0 unspecified atom stereocenters. The van der Waals surface area contributed by atoms with Crippen molar-refractivity contribution in [2.75, 3.05) is 6.61 Å². The van der Waals surface area contributed by atoms with Gasteiger partial charge in [0.05, 0.1) is 19.0 Å². The second-order valence-electron chi connectivity index (χ2n) is 4.36. The molecule has 0 bridgehead atoms. The molecule has 4 nitrogen and oxygen atoms in total. The van der Waals surface area contributed by atoms with Gasteiger partial charge in [0.15, 0.2) is 0 Å². The van der Waals surface area contributed by atoms with Crippen LogP contribution in [-0.2, 0) is 6.54 Å². The zero-order chi connectivity index (χ0) is 13.7. The second-order valence-corrected chi connectivity index (χ2v) is 4.80. The number of aromatic nitrogens is 2. The first-order valence-electron chi connectivity index (χ1n) is 6.23. The number of aliphatic hydroxyl groups is 1. The average molecular weight is 281 g/mol. The van der Waals surface area contributed by atoms with Gasteiger partial charge in [-0.05, 0) is 31.5 Å². The van der Waals surface area contributed by atoms with Gasteiger partial charge in [0.25, 0.3) is 0 Å². The molecular formula is C14H17ClN2O2.